The van der Waals surface area contributed by atoms with Gasteiger partial charge in [-0.15, -0.1) is 0 Å². The van der Waals surface area contributed by atoms with Gasteiger partial charge in [-0.05, 0) is 37.0 Å². The lowest BCUT2D eigenvalue weighted by molar-refractivity contribution is 0.530. The molecule has 1 aromatic rings. The van der Waals surface area contributed by atoms with Gasteiger partial charge in [0.1, 0.15) is 4.99 Å². The van der Waals surface area contributed by atoms with Gasteiger partial charge in [0.15, 0.2) is 0 Å². The topological polar surface area (TPSA) is 29.3 Å². The predicted octanol–water partition coefficient (Wildman–Crippen LogP) is 3.60. The predicted molar refractivity (Wildman–Crippen MR) is 82.6 cm³/mol. The second kappa shape index (κ2) is 5.89. The highest BCUT2D eigenvalue weighted by Gasteiger charge is 2.24. The van der Waals surface area contributed by atoms with Crippen LogP contribution in [0.15, 0.2) is 18.2 Å². The molecule has 1 aliphatic heterocycles. The third-order valence-electron chi connectivity index (χ3n) is 3.55. The molecule has 98 valence electrons. The number of rotatable bonds is 4. The Morgan fingerprint density at radius 3 is 3.00 bits per heavy atom. The number of hydrogen-bond acceptors (Lipinski definition) is 2. The number of nitrogens with zero attached hydrogens (tertiary/aromatic N) is 1. The van der Waals surface area contributed by atoms with Crippen LogP contribution >= 0.6 is 23.8 Å². The summed E-state index contributed by atoms with van der Waals surface area (Å²) in [4.78, 5) is 2.81. The van der Waals surface area contributed by atoms with Crippen molar-refractivity contribution in [1.82, 2.24) is 0 Å². The van der Waals surface area contributed by atoms with E-state index in [9.17, 15) is 0 Å². The first-order chi connectivity index (χ1) is 8.61. The molecular weight excluding hydrogens is 264 g/mol. The minimum Gasteiger partial charge on any atom is -0.389 e. The van der Waals surface area contributed by atoms with Crippen molar-refractivity contribution in [3.8, 4) is 0 Å². The molecule has 0 radical (unpaired) electrons. The van der Waals surface area contributed by atoms with E-state index in [1.807, 2.05) is 18.2 Å². The number of thiocarbonyl (C=S) groups is 1. The smallest absolute Gasteiger partial charge is 0.106 e. The van der Waals surface area contributed by atoms with Crippen LogP contribution in [0, 0.1) is 5.92 Å². The third-order valence-corrected chi connectivity index (χ3v) is 4.00. The van der Waals surface area contributed by atoms with Gasteiger partial charge in [0.05, 0.1) is 0 Å². The van der Waals surface area contributed by atoms with Crippen LogP contribution in [0.2, 0.25) is 5.02 Å². The summed E-state index contributed by atoms with van der Waals surface area (Å²) in [6, 6.07) is 5.75. The molecule has 0 bridgehead atoms. The minimum absolute atomic E-state index is 0.445. The maximum Gasteiger partial charge on any atom is 0.106 e. The number of nitrogens with two attached hydrogens (primary N) is 1. The van der Waals surface area contributed by atoms with E-state index >= 15 is 0 Å². The SMILES string of the molecule is CCCC1CCN(c2cc(Cl)ccc2C(N)=S)C1. The quantitative estimate of drug-likeness (QED) is 0.856. The van der Waals surface area contributed by atoms with Crippen LogP contribution in [0.1, 0.15) is 31.7 Å². The summed E-state index contributed by atoms with van der Waals surface area (Å²) in [7, 11) is 0. The molecule has 4 heteroatoms. The lowest BCUT2D eigenvalue weighted by Crippen LogP contribution is -2.23. The van der Waals surface area contributed by atoms with Crippen molar-refractivity contribution in [1.29, 1.82) is 0 Å². The zero-order valence-corrected chi connectivity index (χ0v) is 12.2. The van der Waals surface area contributed by atoms with Gasteiger partial charge >= 0.3 is 0 Å². The molecule has 1 aromatic carbocycles. The Kier molecular flexibility index (Phi) is 4.46. The maximum atomic E-state index is 6.09. The molecule has 0 aromatic heterocycles. The molecule has 1 heterocycles. The fraction of sp³-hybridized carbons (Fsp3) is 0.500. The summed E-state index contributed by atoms with van der Waals surface area (Å²) in [5.41, 5.74) is 7.82. The van der Waals surface area contributed by atoms with E-state index < -0.39 is 0 Å². The zero-order valence-electron chi connectivity index (χ0n) is 10.7. The average molecular weight is 283 g/mol. The van der Waals surface area contributed by atoms with Crippen molar-refractivity contribution in [2.24, 2.45) is 11.7 Å². The Morgan fingerprint density at radius 1 is 1.56 bits per heavy atom. The average Bonchev–Trinajstić information content (AvgIpc) is 2.77. The monoisotopic (exact) mass is 282 g/mol. The number of anilines is 1. The summed E-state index contributed by atoms with van der Waals surface area (Å²) in [5.74, 6) is 0.785. The molecule has 1 fully saturated rings. The van der Waals surface area contributed by atoms with Crippen LogP contribution in [0.4, 0.5) is 5.69 Å². The van der Waals surface area contributed by atoms with E-state index in [-0.39, 0.29) is 0 Å². The fourth-order valence-electron chi connectivity index (χ4n) is 2.67. The molecule has 0 amide bonds. The summed E-state index contributed by atoms with van der Waals surface area (Å²) >= 11 is 11.2. The second-order valence-electron chi connectivity index (χ2n) is 4.92. The van der Waals surface area contributed by atoms with Crippen LogP contribution in [-0.2, 0) is 0 Å². The van der Waals surface area contributed by atoms with E-state index in [1.54, 1.807) is 0 Å². The van der Waals surface area contributed by atoms with Crippen LogP contribution in [0.25, 0.3) is 0 Å². The van der Waals surface area contributed by atoms with Gasteiger partial charge in [0.25, 0.3) is 0 Å². The Bertz CT molecular complexity index is 447. The van der Waals surface area contributed by atoms with E-state index in [0.717, 1.165) is 35.3 Å². The van der Waals surface area contributed by atoms with Gasteiger partial charge in [-0.1, -0.05) is 37.2 Å². The molecule has 0 saturated carbocycles. The first-order valence-corrected chi connectivity index (χ1v) is 7.24. The Labute approximate surface area is 119 Å². The lowest BCUT2D eigenvalue weighted by atomic mass is 10.0. The molecule has 1 unspecified atom stereocenters. The van der Waals surface area contributed by atoms with Crippen LogP contribution < -0.4 is 10.6 Å². The first-order valence-electron chi connectivity index (χ1n) is 6.46. The van der Waals surface area contributed by atoms with E-state index in [1.165, 1.54) is 19.3 Å². The molecule has 1 saturated heterocycles. The molecular formula is C14H19ClN2S. The normalized spacial score (nSPS) is 19.2. The largest absolute Gasteiger partial charge is 0.389 e. The molecule has 0 aliphatic carbocycles. The highest BCUT2D eigenvalue weighted by molar-refractivity contribution is 7.80. The highest BCUT2D eigenvalue weighted by Crippen LogP contribution is 2.31. The van der Waals surface area contributed by atoms with Crippen molar-refractivity contribution < 1.29 is 0 Å². The summed E-state index contributed by atoms with van der Waals surface area (Å²) in [6.07, 6.45) is 3.78. The Hall–Kier alpha value is -0.800. The zero-order chi connectivity index (χ0) is 13.1. The highest BCUT2D eigenvalue weighted by atomic mass is 35.5. The second-order valence-corrected chi connectivity index (χ2v) is 5.79. The molecule has 18 heavy (non-hydrogen) atoms. The van der Waals surface area contributed by atoms with Crippen molar-refractivity contribution in [2.75, 3.05) is 18.0 Å². The summed E-state index contributed by atoms with van der Waals surface area (Å²) < 4.78 is 0. The first kappa shape index (κ1) is 13.6. The van der Waals surface area contributed by atoms with E-state index in [0.29, 0.717) is 4.99 Å². The number of halogens is 1. The van der Waals surface area contributed by atoms with Crippen LogP contribution in [0.3, 0.4) is 0 Å². The van der Waals surface area contributed by atoms with Crippen molar-refractivity contribution in [3.05, 3.63) is 28.8 Å². The summed E-state index contributed by atoms with van der Waals surface area (Å²) in [5, 5.41) is 0.740. The van der Waals surface area contributed by atoms with Gasteiger partial charge in [-0.2, -0.15) is 0 Å². The van der Waals surface area contributed by atoms with Gasteiger partial charge < -0.3 is 10.6 Å². The van der Waals surface area contributed by atoms with Gasteiger partial charge in [0, 0.05) is 29.4 Å². The minimum atomic E-state index is 0.445. The van der Waals surface area contributed by atoms with Crippen LogP contribution in [0.5, 0.6) is 0 Å². The number of hydrogen-bond donors (Lipinski definition) is 1. The summed E-state index contributed by atoms with van der Waals surface area (Å²) in [6.45, 7) is 4.40. The van der Waals surface area contributed by atoms with Gasteiger partial charge in [0.2, 0.25) is 0 Å². The lowest BCUT2D eigenvalue weighted by Gasteiger charge is -2.22. The van der Waals surface area contributed by atoms with Crippen molar-refractivity contribution in [3.63, 3.8) is 0 Å². The third kappa shape index (κ3) is 2.96. The molecule has 1 atom stereocenters. The molecule has 2 rings (SSSR count). The standard InChI is InChI=1S/C14H19ClN2S/c1-2-3-10-6-7-17(9-10)13-8-11(15)4-5-12(13)14(16)18/h4-5,8,10H,2-3,6-7,9H2,1H3,(H2,16,18). The van der Waals surface area contributed by atoms with Crippen LogP contribution in [-0.4, -0.2) is 18.1 Å². The molecule has 2 nitrogen and oxygen atoms in total. The molecule has 0 spiro atoms. The number of benzene rings is 1. The van der Waals surface area contributed by atoms with Gasteiger partial charge in [-0.25, -0.2) is 0 Å². The molecule has 1 aliphatic rings. The fourth-order valence-corrected chi connectivity index (χ4v) is 3.01. The van der Waals surface area contributed by atoms with E-state index in [2.05, 4.69) is 11.8 Å². The van der Waals surface area contributed by atoms with Crippen molar-refractivity contribution >= 4 is 34.5 Å². The van der Waals surface area contributed by atoms with E-state index in [4.69, 9.17) is 29.6 Å². The molecule has 2 N–H and O–H groups in total. The Morgan fingerprint density at radius 2 is 2.33 bits per heavy atom. The van der Waals surface area contributed by atoms with Crippen molar-refractivity contribution in [2.45, 2.75) is 26.2 Å². The van der Waals surface area contributed by atoms with Gasteiger partial charge in [-0.3, -0.25) is 0 Å². The maximum absolute atomic E-state index is 6.09. The Balaban J connectivity index is 2.23.